The maximum atomic E-state index is 13.2. The van der Waals surface area contributed by atoms with E-state index < -0.39 is 0 Å². The second-order valence-electron chi connectivity index (χ2n) is 5.48. The molecule has 1 fully saturated rings. The first-order valence-corrected chi connectivity index (χ1v) is 6.83. The van der Waals surface area contributed by atoms with Gasteiger partial charge >= 0.3 is 0 Å². The van der Waals surface area contributed by atoms with Crippen molar-refractivity contribution in [3.8, 4) is 0 Å². The lowest BCUT2D eigenvalue weighted by molar-refractivity contribution is 0.0943. The van der Waals surface area contributed by atoms with Crippen molar-refractivity contribution in [1.82, 2.24) is 10.6 Å². The number of amides is 1. The smallest absolute Gasteiger partial charge is 0.251 e. The highest BCUT2D eigenvalue weighted by Gasteiger charge is 2.18. The summed E-state index contributed by atoms with van der Waals surface area (Å²) in [5, 5.41) is 6.29. The van der Waals surface area contributed by atoms with Crippen molar-refractivity contribution in [3.05, 3.63) is 35.1 Å². The van der Waals surface area contributed by atoms with E-state index in [1.54, 1.807) is 13.0 Å². The van der Waals surface area contributed by atoms with Gasteiger partial charge in [-0.1, -0.05) is 0 Å². The van der Waals surface area contributed by atoms with Gasteiger partial charge in [0.05, 0.1) is 0 Å². The Morgan fingerprint density at radius 3 is 2.84 bits per heavy atom. The summed E-state index contributed by atoms with van der Waals surface area (Å²) in [5.41, 5.74) is 1.16. The zero-order valence-corrected chi connectivity index (χ0v) is 11.5. The van der Waals surface area contributed by atoms with Gasteiger partial charge in [0.15, 0.2) is 0 Å². The highest BCUT2D eigenvalue weighted by Crippen LogP contribution is 2.13. The molecule has 1 aliphatic rings. The molecule has 0 saturated carbocycles. The number of aryl methyl sites for hydroxylation is 1. The molecular weight excluding hydrogens is 243 g/mol. The Hall–Kier alpha value is -1.42. The summed E-state index contributed by atoms with van der Waals surface area (Å²) < 4.78 is 13.2. The standard InChI is InChI=1S/C15H21FN2O/c1-10-5-13(7-14(16)6-10)15(19)18-9-12-4-3-11(2)17-8-12/h5-7,11-12,17H,3-4,8-9H2,1-2H3,(H,18,19). The minimum Gasteiger partial charge on any atom is -0.352 e. The highest BCUT2D eigenvalue weighted by atomic mass is 19.1. The van der Waals surface area contributed by atoms with Crippen LogP contribution in [0.4, 0.5) is 4.39 Å². The van der Waals surface area contributed by atoms with Crippen LogP contribution < -0.4 is 10.6 Å². The lowest BCUT2D eigenvalue weighted by atomic mass is 9.95. The quantitative estimate of drug-likeness (QED) is 0.879. The van der Waals surface area contributed by atoms with E-state index in [4.69, 9.17) is 0 Å². The highest BCUT2D eigenvalue weighted by molar-refractivity contribution is 5.94. The molecule has 2 atom stereocenters. The zero-order chi connectivity index (χ0) is 13.8. The summed E-state index contributed by atoms with van der Waals surface area (Å²) in [6.45, 7) is 5.54. The van der Waals surface area contributed by atoms with Crippen LogP contribution in [0.25, 0.3) is 0 Å². The molecule has 1 saturated heterocycles. The van der Waals surface area contributed by atoms with Gasteiger partial charge in [-0.2, -0.15) is 0 Å². The first-order valence-electron chi connectivity index (χ1n) is 6.83. The summed E-state index contributed by atoms with van der Waals surface area (Å²) >= 11 is 0. The van der Waals surface area contributed by atoms with Crippen molar-refractivity contribution in [2.75, 3.05) is 13.1 Å². The summed E-state index contributed by atoms with van der Waals surface area (Å²) in [7, 11) is 0. The Bertz CT molecular complexity index is 433. The third-order valence-electron chi connectivity index (χ3n) is 3.62. The van der Waals surface area contributed by atoms with Crippen molar-refractivity contribution in [3.63, 3.8) is 0 Å². The second-order valence-corrected chi connectivity index (χ2v) is 5.48. The molecule has 1 heterocycles. The molecule has 0 aliphatic carbocycles. The second kappa shape index (κ2) is 6.15. The Morgan fingerprint density at radius 1 is 1.42 bits per heavy atom. The monoisotopic (exact) mass is 264 g/mol. The molecule has 1 amide bonds. The summed E-state index contributed by atoms with van der Waals surface area (Å²) in [5.74, 6) is -0.0886. The van der Waals surface area contributed by atoms with E-state index in [0.29, 0.717) is 24.1 Å². The molecule has 2 N–H and O–H groups in total. The Balaban J connectivity index is 1.87. The molecule has 0 radical (unpaired) electrons. The van der Waals surface area contributed by atoms with Crippen LogP contribution in [0.3, 0.4) is 0 Å². The number of hydrogen-bond acceptors (Lipinski definition) is 2. The minimum atomic E-state index is -0.363. The van der Waals surface area contributed by atoms with E-state index in [1.165, 1.54) is 12.1 Å². The van der Waals surface area contributed by atoms with Gasteiger partial charge in [-0.15, -0.1) is 0 Å². The molecule has 2 rings (SSSR count). The summed E-state index contributed by atoms with van der Waals surface area (Å²) in [6, 6.07) is 4.98. The molecule has 0 spiro atoms. The predicted molar refractivity (Wildman–Crippen MR) is 73.7 cm³/mol. The van der Waals surface area contributed by atoms with E-state index >= 15 is 0 Å². The van der Waals surface area contributed by atoms with Crippen LogP contribution in [0.5, 0.6) is 0 Å². The lowest BCUT2D eigenvalue weighted by Gasteiger charge is -2.27. The molecule has 0 bridgehead atoms. The Kier molecular flexibility index (Phi) is 4.53. The third kappa shape index (κ3) is 4.03. The van der Waals surface area contributed by atoms with Crippen molar-refractivity contribution < 1.29 is 9.18 Å². The van der Waals surface area contributed by atoms with Crippen LogP contribution in [-0.2, 0) is 0 Å². The first-order chi connectivity index (χ1) is 9.04. The molecule has 3 nitrogen and oxygen atoms in total. The SMILES string of the molecule is Cc1cc(F)cc(C(=O)NCC2CCC(C)NC2)c1. The zero-order valence-electron chi connectivity index (χ0n) is 11.5. The van der Waals surface area contributed by atoms with Gasteiger partial charge < -0.3 is 10.6 Å². The largest absolute Gasteiger partial charge is 0.352 e. The molecule has 104 valence electrons. The number of halogens is 1. The molecule has 1 aliphatic heterocycles. The molecule has 1 aromatic rings. The number of piperidine rings is 1. The Morgan fingerprint density at radius 2 is 2.21 bits per heavy atom. The normalized spacial score (nSPS) is 23.1. The van der Waals surface area contributed by atoms with Crippen LogP contribution in [-0.4, -0.2) is 25.0 Å². The molecule has 2 unspecified atom stereocenters. The molecule has 19 heavy (non-hydrogen) atoms. The number of carbonyl (C=O) groups is 1. The lowest BCUT2D eigenvalue weighted by Crippen LogP contribution is -2.42. The number of nitrogens with one attached hydrogen (secondary N) is 2. The van der Waals surface area contributed by atoms with Gasteiger partial charge in [-0.25, -0.2) is 4.39 Å². The van der Waals surface area contributed by atoms with E-state index in [9.17, 15) is 9.18 Å². The first kappa shape index (κ1) is 14.0. The number of hydrogen-bond donors (Lipinski definition) is 2. The maximum absolute atomic E-state index is 13.2. The average Bonchev–Trinajstić information content (AvgIpc) is 2.36. The number of benzene rings is 1. The van der Waals surface area contributed by atoms with Crippen LogP contribution >= 0.6 is 0 Å². The van der Waals surface area contributed by atoms with Crippen LogP contribution in [0, 0.1) is 18.7 Å². The van der Waals surface area contributed by atoms with E-state index in [-0.39, 0.29) is 11.7 Å². The van der Waals surface area contributed by atoms with Crippen LogP contribution in [0.2, 0.25) is 0 Å². The van der Waals surface area contributed by atoms with Crippen molar-refractivity contribution in [2.24, 2.45) is 5.92 Å². The average molecular weight is 264 g/mol. The van der Waals surface area contributed by atoms with Gasteiger partial charge in [0.2, 0.25) is 0 Å². The predicted octanol–water partition coefficient (Wildman–Crippen LogP) is 2.25. The fourth-order valence-electron chi connectivity index (χ4n) is 2.44. The van der Waals surface area contributed by atoms with Crippen molar-refractivity contribution in [2.45, 2.75) is 32.7 Å². The fraction of sp³-hybridized carbons (Fsp3) is 0.533. The van der Waals surface area contributed by atoms with Crippen LogP contribution in [0.15, 0.2) is 18.2 Å². The summed E-state index contributed by atoms with van der Waals surface area (Å²) in [4.78, 5) is 12.0. The van der Waals surface area contributed by atoms with Gasteiger partial charge in [-0.05, 0) is 62.9 Å². The fourth-order valence-corrected chi connectivity index (χ4v) is 2.44. The van der Waals surface area contributed by atoms with Crippen LogP contribution in [0.1, 0.15) is 35.7 Å². The summed E-state index contributed by atoms with van der Waals surface area (Å²) in [6.07, 6.45) is 2.26. The van der Waals surface area contributed by atoms with Crippen molar-refractivity contribution >= 4 is 5.91 Å². The maximum Gasteiger partial charge on any atom is 0.251 e. The minimum absolute atomic E-state index is 0.193. The molecular formula is C15H21FN2O. The third-order valence-corrected chi connectivity index (χ3v) is 3.62. The molecule has 0 aromatic heterocycles. The van der Waals surface area contributed by atoms with E-state index in [1.807, 2.05) is 0 Å². The van der Waals surface area contributed by atoms with E-state index in [2.05, 4.69) is 17.6 Å². The number of rotatable bonds is 3. The van der Waals surface area contributed by atoms with Crippen molar-refractivity contribution in [1.29, 1.82) is 0 Å². The molecule has 1 aromatic carbocycles. The van der Waals surface area contributed by atoms with Gasteiger partial charge in [-0.3, -0.25) is 4.79 Å². The molecule has 4 heteroatoms. The van der Waals surface area contributed by atoms with Gasteiger partial charge in [0.1, 0.15) is 5.82 Å². The van der Waals surface area contributed by atoms with Gasteiger partial charge in [0.25, 0.3) is 5.91 Å². The van der Waals surface area contributed by atoms with E-state index in [0.717, 1.165) is 24.9 Å². The Labute approximate surface area is 113 Å². The topological polar surface area (TPSA) is 41.1 Å². The number of carbonyl (C=O) groups excluding carboxylic acids is 1. The van der Waals surface area contributed by atoms with Gasteiger partial charge in [0, 0.05) is 18.2 Å².